The fraction of sp³-hybridized carbons (Fsp3) is 0.538. The fourth-order valence-corrected chi connectivity index (χ4v) is 4.47. The number of benzene rings is 2. The smallest absolute Gasteiger partial charge is 0.186 e. The second-order valence-corrected chi connectivity index (χ2v) is 9.15. The Morgan fingerprint density at radius 2 is 1.32 bits per heavy atom. The summed E-state index contributed by atoms with van der Waals surface area (Å²) in [5.41, 5.74) is 1.59. The molecule has 0 radical (unpaired) electrons. The molecule has 37 heavy (non-hydrogen) atoms. The Bertz CT molecular complexity index is 998. The number of aromatic hydroxyl groups is 2. The molecule has 0 spiro atoms. The minimum absolute atomic E-state index is 0.00881. The average molecular weight is 525 g/mol. The molecule has 7 atom stereocenters. The Labute approximate surface area is 215 Å². The summed E-state index contributed by atoms with van der Waals surface area (Å²) in [5, 5.41) is 70.1. The molecular weight excluding hydrogens is 488 g/mol. The molecule has 11 heteroatoms. The standard InChI is InChI=1S/C26H36O11/c1-34-20-9-14(3-5-18(20)29)7-16(11-27)17(8-15-4-6-19(30)21(10-15)35-2)13-36-26-25(33)24(32)23(31)22(12-28)37-26/h3-6,9-10,16-17,22-33H,7-8,11-13H2,1-2H3/t16-,17-,22+,23+,24-,25+,26+/m1/s1. The Morgan fingerprint density at radius 1 is 0.784 bits per heavy atom. The Morgan fingerprint density at radius 3 is 1.81 bits per heavy atom. The molecule has 0 aliphatic carbocycles. The third-order valence-electron chi connectivity index (χ3n) is 6.71. The Kier molecular flexibility index (Phi) is 10.4. The molecule has 206 valence electrons. The maximum atomic E-state index is 10.4. The summed E-state index contributed by atoms with van der Waals surface area (Å²) in [6, 6.07) is 9.80. The van der Waals surface area contributed by atoms with Gasteiger partial charge in [-0.15, -0.1) is 0 Å². The summed E-state index contributed by atoms with van der Waals surface area (Å²) >= 11 is 0. The van der Waals surface area contributed by atoms with E-state index in [4.69, 9.17) is 18.9 Å². The molecule has 0 amide bonds. The third kappa shape index (κ3) is 7.02. The lowest BCUT2D eigenvalue weighted by molar-refractivity contribution is -0.304. The van der Waals surface area contributed by atoms with Crippen molar-refractivity contribution in [1.82, 2.24) is 0 Å². The van der Waals surface area contributed by atoms with E-state index in [1.807, 2.05) is 0 Å². The first kappa shape index (κ1) is 28.9. The van der Waals surface area contributed by atoms with Gasteiger partial charge in [-0.05, 0) is 60.1 Å². The van der Waals surface area contributed by atoms with Crippen LogP contribution in [0.3, 0.4) is 0 Å². The van der Waals surface area contributed by atoms with Crippen LogP contribution in [0.1, 0.15) is 11.1 Å². The summed E-state index contributed by atoms with van der Waals surface area (Å²) in [6.45, 7) is -0.822. The zero-order chi connectivity index (χ0) is 27.1. The molecule has 0 unspecified atom stereocenters. The van der Waals surface area contributed by atoms with Crippen molar-refractivity contribution in [1.29, 1.82) is 0 Å². The van der Waals surface area contributed by atoms with Gasteiger partial charge in [-0.2, -0.15) is 0 Å². The van der Waals surface area contributed by atoms with Crippen molar-refractivity contribution in [2.24, 2.45) is 11.8 Å². The maximum absolute atomic E-state index is 10.4. The van der Waals surface area contributed by atoms with E-state index in [2.05, 4.69) is 0 Å². The molecular formula is C26H36O11. The summed E-state index contributed by atoms with van der Waals surface area (Å²) in [7, 11) is 2.88. The van der Waals surface area contributed by atoms with Crippen LogP contribution in [0.15, 0.2) is 36.4 Å². The number of phenolic OH excluding ortho intramolecular Hbond substituents is 2. The van der Waals surface area contributed by atoms with Crippen LogP contribution < -0.4 is 9.47 Å². The van der Waals surface area contributed by atoms with Crippen LogP contribution in [0.2, 0.25) is 0 Å². The second kappa shape index (κ2) is 13.2. The van der Waals surface area contributed by atoms with Gasteiger partial charge in [-0.1, -0.05) is 12.1 Å². The summed E-state index contributed by atoms with van der Waals surface area (Å²) < 4.78 is 21.7. The highest BCUT2D eigenvalue weighted by molar-refractivity contribution is 5.43. The molecule has 0 bridgehead atoms. The van der Waals surface area contributed by atoms with Crippen LogP contribution in [0.4, 0.5) is 0 Å². The van der Waals surface area contributed by atoms with E-state index in [0.717, 1.165) is 11.1 Å². The van der Waals surface area contributed by atoms with Gasteiger partial charge in [0.15, 0.2) is 29.3 Å². The quantitative estimate of drug-likeness (QED) is 0.198. The maximum Gasteiger partial charge on any atom is 0.186 e. The highest BCUT2D eigenvalue weighted by Crippen LogP contribution is 2.32. The van der Waals surface area contributed by atoms with Gasteiger partial charge in [0.2, 0.25) is 0 Å². The van der Waals surface area contributed by atoms with Crippen LogP contribution in [-0.2, 0) is 22.3 Å². The highest BCUT2D eigenvalue weighted by Gasteiger charge is 2.44. The number of hydrogen-bond acceptors (Lipinski definition) is 11. The van der Waals surface area contributed by atoms with Crippen molar-refractivity contribution in [2.45, 2.75) is 43.5 Å². The van der Waals surface area contributed by atoms with Gasteiger partial charge in [0.25, 0.3) is 0 Å². The molecule has 1 saturated heterocycles. The summed E-state index contributed by atoms with van der Waals surface area (Å²) in [6.07, 6.45) is -6.29. The molecule has 3 rings (SSSR count). The number of aliphatic hydroxyl groups excluding tert-OH is 5. The number of aliphatic hydroxyl groups is 5. The number of rotatable bonds is 12. The molecule has 0 saturated carbocycles. The van der Waals surface area contributed by atoms with E-state index in [1.54, 1.807) is 24.3 Å². The van der Waals surface area contributed by atoms with Crippen LogP contribution in [0, 0.1) is 11.8 Å². The van der Waals surface area contributed by atoms with Crippen LogP contribution >= 0.6 is 0 Å². The molecule has 1 heterocycles. The number of hydrogen-bond donors (Lipinski definition) is 7. The van der Waals surface area contributed by atoms with Gasteiger partial charge in [0.05, 0.1) is 27.4 Å². The largest absolute Gasteiger partial charge is 0.504 e. The lowest BCUT2D eigenvalue weighted by Gasteiger charge is -2.40. The lowest BCUT2D eigenvalue weighted by Crippen LogP contribution is -2.59. The van der Waals surface area contributed by atoms with Crippen molar-refractivity contribution in [3.63, 3.8) is 0 Å². The first-order valence-corrected chi connectivity index (χ1v) is 12.0. The van der Waals surface area contributed by atoms with E-state index < -0.39 is 37.3 Å². The lowest BCUT2D eigenvalue weighted by atomic mass is 9.83. The van der Waals surface area contributed by atoms with Crippen molar-refractivity contribution in [3.8, 4) is 23.0 Å². The van der Waals surface area contributed by atoms with Gasteiger partial charge in [-0.3, -0.25) is 0 Å². The van der Waals surface area contributed by atoms with E-state index in [0.29, 0.717) is 18.6 Å². The molecule has 2 aromatic carbocycles. The minimum Gasteiger partial charge on any atom is -0.504 e. The molecule has 1 fully saturated rings. The van der Waals surface area contributed by atoms with Gasteiger partial charge in [0.1, 0.15) is 24.4 Å². The topological polar surface area (TPSA) is 179 Å². The van der Waals surface area contributed by atoms with Crippen molar-refractivity contribution in [2.75, 3.05) is 34.0 Å². The van der Waals surface area contributed by atoms with E-state index in [1.165, 1.54) is 26.4 Å². The van der Waals surface area contributed by atoms with E-state index in [-0.39, 0.29) is 42.3 Å². The number of ether oxygens (including phenoxy) is 4. The van der Waals surface area contributed by atoms with Crippen molar-refractivity contribution >= 4 is 0 Å². The fourth-order valence-electron chi connectivity index (χ4n) is 4.47. The zero-order valence-corrected chi connectivity index (χ0v) is 20.8. The van der Waals surface area contributed by atoms with Crippen LogP contribution in [0.5, 0.6) is 23.0 Å². The Hall–Kier alpha value is -2.64. The predicted octanol–water partition coefficient (Wildman–Crippen LogP) is -0.0586. The first-order chi connectivity index (χ1) is 17.7. The van der Waals surface area contributed by atoms with Crippen molar-refractivity contribution in [3.05, 3.63) is 47.5 Å². The van der Waals surface area contributed by atoms with E-state index in [9.17, 15) is 35.7 Å². The molecule has 7 N–H and O–H groups in total. The SMILES string of the molecule is COc1cc(C[C@H](CO)[C@@H](CO[C@H]2O[C@@H](CO)[C@H](O)[C@@H](O)[C@@H]2O)Cc2ccc(O)c(OC)c2)ccc1O. The molecule has 0 aromatic heterocycles. The number of phenols is 2. The summed E-state index contributed by atoms with van der Waals surface area (Å²) in [4.78, 5) is 0. The molecule has 1 aliphatic heterocycles. The van der Waals surface area contributed by atoms with Gasteiger partial charge < -0.3 is 54.7 Å². The Balaban J connectivity index is 1.83. The molecule has 2 aromatic rings. The molecule has 1 aliphatic rings. The third-order valence-corrected chi connectivity index (χ3v) is 6.71. The van der Waals surface area contributed by atoms with Gasteiger partial charge >= 0.3 is 0 Å². The highest BCUT2D eigenvalue weighted by atomic mass is 16.7. The normalized spacial score (nSPS) is 25.4. The minimum atomic E-state index is -1.58. The number of methoxy groups -OCH3 is 2. The first-order valence-electron chi connectivity index (χ1n) is 12.0. The van der Waals surface area contributed by atoms with Crippen LogP contribution in [-0.4, -0.2) is 100 Å². The predicted molar refractivity (Wildman–Crippen MR) is 131 cm³/mol. The molecule has 11 nitrogen and oxygen atoms in total. The monoisotopic (exact) mass is 524 g/mol. The van der Waals surface area contributed by atoms with Crippen LogP contribution in [0.25, 0.3) is 0 Å². The van der Waals surface area contributed by atoms with Crippen molar-refractivity contribution < 1.29 is 54.7 Å². The van der Waals surface area contributed by atoms with Gasteiger partial charge in [0, 0.05) is 6.61 Å². The second-order valence-electron chi connectivity index (χ2n) is 9.15. The summed E-state index contributed by atoms with van der Waals surface area (Å²) in [5.74, 6) is -0.160. The zero-order valence-electron chi connectivity index (χ0n) is 20.8. The average Bonchev–Trinajstić information content (AvgIpc) is 2.91. The van der Waals surface area contributed by atoms with Gasteiger partial charge in [-0.25, -0.2) is 0 Å². The van der Waals surface area contributed by atoms with E-state index >= 15 is 0 Å².